The van der Waals surface area contributed by atoms with E-state index in [1.165, 1.54) is 30.4 Å². The van der Waals surface area contributed by atoms with E-state index < -0.39 is 0 Å². The summed E-state index contributed by atoms with van der Waals surface area (Å²) in [6.45, 7) is 6.86. The number of hydrogen-bond acceptors (Lipinski definition) is 1. The quantitative estimate of drug-likeness (QED) is 0.816. The summed E-state index contributed by atoms with van der Waals surface area (Å²) < 4.78 is 0. The summed E-state index contributed by atoms with van der Waals surface area (Å²) in [7, 11) is 0. The van der Waals surface area contributed by atoms with E-state index in [4.69, 9.17) is 5.73 Å². The van der Waals surface area contributed by atoms with Crippen LogP contribution in [-0.2, 0) is 0 Å². The Morgan fingerprint density at radius 3 is 2.06 bits per heavy atom. The van der Waals surface area contributed by atoms with E-state index >= 15 is 0 Å². The summed E-state index contributed by atoms with van der Waals surface area (Å²) in [6, 6.07) is 8.96. The summed E-state index contributed by atoms with van der Waals surface area (Å²) in [5, 5.41) is 0. The molecule has 1 aromatic carbocycles. The Hall–Kier alpha value is -0.820. The van der Waals surface area contributed by atoms with Crippen molar-refractivity contribution in [2.45, 2.75) is 46.1 Å². The molecular weight excluding hydrogens is 206 g/mol. The maximum Gasteiger partial charge on any atom is 0.0323 e. The summed E-state index contributed by atoms with van der Waals surface area (Å²) in [5.41, 5.74) is 9.06. The van der Waals surface area contributed by atoms with Gasteiger partial charge in [0.15, 0.2) is 0 Å². The van der Waals surface area contributed by atoms with Crippen LogP contribution in [0.1, 0.15) is 50.3 Å². The van der Waals surface area contributed by atoms with Gasteiger partial charge in [-0.05, 0) is 49.5 Å². The molecular formula is C16H25N. The predicted molar refractivity (Wildman–Crippen MR) is 73.8 cm³/mol. The maximum atomic E-state index is 6.44. The fraction of sp³-hybridized carbons (Fsp3) is 0.625. The molecule has 1 aliphatic rings. The largest absolute Gasteiger partial charge is 0.324 e. The zero-order valence-electron chi connectivity index (χ0n) is 11.3. The van der Waals surface area contributed by atoms with Crippen LogP contribution in [0.5, 0.6) is 0 Å². The van der Waals surface area contributed by atoms with Crippen molar-refractivity contribution < 1.29 is 0 Å². The minimum absolute atomic E-state index is 0.223. The van der Waals surface area contributed by atoms with Gasteiger partial charge in [-0.25, -0.2) is 0 Å². The third-order valence-electron chi connectivity index (χ3n) is 4.19. The normalized spacial score (nSPS) is 31.2. The Balaban J connectivity index is 2.08. The standard InChI is InChI=1S/C16H25N/c1-11-4-6-14(7-5-11)16(17)15-9-12(2)8-13(3)10-15/h4-7,12-13,15-16H,8-10,17H2,1-3H3. The first kappa shape index (κ1) is 12.6. The third-order valence-corrected chi connectivity index (χ3v) is 4.19. The van der Waals surface area contributed by atoms with Crippen LogP contribution in [0.3, 0.4) is 0 Å². The van der Waals surface area contributed by atoms with Gasteiger partial charge in [0.2, 0.25) is 0 Å². The van der Waals surface area contributed by atoms with Gasteiger partial charge < -0.3 is 5.73 Å². The lowest BCUT2D eigenvalue weighted by atomic mass is 9.72. The highest BCUT2D eigenvalue weighted by molar-refractivity contribution is 5.24. The molecule has 1 aliphatic carbocycles. The average molecular weight is 231 g/mol. The van der Waals surface area contributed by atoms with Crippen LogP contribution in [0, 0.1) is 24.7 Å². The van der Waals surface area contributed by atoms with E-state index in [0.29, 0.717) is 5.92 Å². The minimum Gasteiger partial charge on any atom is -0.324 e. The van der Waals surface area contributed by atoms with Crippen molar-refractivity contribution in [2.24, 2.45) is 23.5 Å². The lowest BCUT2D eigenvalue weighted by Gasteiger charge is -2.35. The Bertz CT molecular complexity index is 344. The van der Waals surface area contributed by atoms with Crippen LogP contribution in [0.15, 0.2) is 24.3 Å². The molecule has 2 rings (SSSR count). The second kappa shape index (κ2) is 5.22. The van der Waals surface area contributed by atoms with Gasteiger partial charge in [-0.3, -0.25) is 0 Å². The monoisotopic (exact) mass is 231 g/mol. The Kier molecular flexibility index (Phi) is 3.88. The first-order valence-electron chi connectivity index (χ1n) is 6.88. The van der Waals surface area contributed by atoms with E-state index in [0.717, 1.165) is 11.8 Å². The van der Waals surface area contributed by atoms with Gasteiger partial charge >= 0.3 is 0 Å². The molecule has 1 aromatic rings. The molecule has 0 radical (unpaired) electrons. The molecule has 3 atom stereocenters. The molecule has 1 fully saturated rings. The summed E-state index contributed by atoms with van der Waals surface area (Å²) in [5.74, 6) is 2.33. The molecule has 2 N–H and O–H groups in total. The first-order valence-corrected chi connectivity index (χ1v) is 6.88. The molecule has 0 aromatic heterocycles. The van der Waals surface area contributed by atoms with Gasteiger partial charge in [0, 0.05) is 6.04 Å². The second-order valence-corrected chi connectivity index (χ2v) is 6.11. The van der Waals surface area contributed by atoms with Crippen LogP contribution in [0.4, 0.5) is 0 Å². The van der Waals surface area contributed by atoms with Gasteiger partial charge in [0.05, 0.1) is 0 Å². The van der Waals surface area contributed by atoms with Crippen molar-refractivity contribution in [3.63, 3.8) is 0 Å². The van der Waals surface area contributed by atoms with Crippen LogP contribution < -0.4 is 5.73 Å². The van der Waals surface area contributed by atoms with Gasteiger partial charge in [0.25, 0.3) is 0 Å². The molecule has 0 aliphatic heterocycles. The van der Waals surface area contributed by atoms with Crippen LogP contribution in [0.2, 0.25) is 0 Å². The Labute approximate surface area is 105 Å². The molecule has 0 spiro atoms. The Morgan fingerprint density at radius 1 is 1.00 bits per heavy atom. The third kappa shape index (κ3) is 3.10. The van der Waals surface area contributed by atoms with Crippen molar-refractivity contribution >= 4 is 0 Å². The van der Waals surface area contributed by atoms with Gasteiger partial charge in [-0.15, -0.1) is 0 Å². The predicted octanol–water partition coefficient (Wildman–Crippen LogP) is 4.07. The molecule has 0 amide bonds. The van der Waals surface area contributed by atoms with Crippen LogP contribution in [-0.4, -0.2) is 0 Å². The van der Waals surface area contributed by atoms with Crippen molar-refractivity contribution in [1.29, 1.82) is 0 Å². The fourth-order valence-corrected chi connectivity index (χ4v) is 3.36. The maximum absolute atomic E-state index is 6.44. The molecule has 1 nitrogen and oxygen atoms in total. The average Bonchev–Trinajstić information content (AvgIpc) is 2.28. The highest BCUT2D eigenvalue weighted by Gasteiger charge is 2.28. The first-order chi connectivity index (χ1) is 8.06. The lowest BCUT2D eigenvalue weighted by Crippen LogP contribution is -2.29. The fourth-order valence-electron chi connectivity index (χ4n) is 3.36. The smallest absolute Gasteiger partial charge is 0.0323 e. The second-order valence-electron chi connectivity index (χ2n) is 6.11. The Morgan fingerprint density at radius 2 is 1.53 bits per heavy atom. The number of hydrogen-bond donors (Lipinski definition) is 1. The minimum atomic E-state index is 0.223. The molecule has 94 valence electrons. The SMILES string of the molecule is Cc1ccc(C(N)C2CC(C)CC(C)C2)cc1. The zero-order valence-corrected chi connectivity index (χ0v) is 11.3. The highest BCUT2D eigenvalue weighted by Crippen LogP contribution is 2.38. The molecule has 0 bridgehead atoms. The van der Waals surface area contributed by atoms with E-state index in [-0.39, 0.29) is 6.04 Å². The summed E-state index contributed by atoms with van der Waals surface area (Å²) in [4.78, 5) is 0. The van der Waals surface area contributed by atoms with E-state index in [2.05, 4.69) is 45.0 Å². The molecule has 0 heterocycles. The van der Waals surface area contributed by atoms with Crippen LogP contribution >= 0.6 is 0 Å². The highest BCUT2D eigenvalue weighted by atomic mass is 14.7. The lowest BCUT2D eigenvalue weighted by molar-refractivity contribution is 0.193. The van der Waals surface area contributed by atoms with E-state index in [9.17, 15) is 0 Å². The van der Waals surface area contributed by atoms with Gasteiger partial charge in [-0.1, -0.05) is 43.7 Å². The number of nitrogens with two attached hydrogens (primary N) is 1. The van der Waals surface area contributed by atoms with Crippen molar-refractivity contribution in [1.82, 2.24) is 0 Å². The molecule has 17 heavy (non-hydrogen) atoms. The zero-order chi connectivity index (χ0) is 12.4. The van der Waals surface area contributed by atoms with Gasteiger partial charge in [-0.2, -0.15) is 0 Å². The molecule has 0 saturated heterocycles. The topological polar surface area (TPSA) is 26.0 Å². The number of benzene rings is 1. The molecule has 3 unspecified atom stereocenters. The summed E-state index contributed by atoms with van der Waals surface area (Å²) >= 11 is 0. The van der Waals surface area contributed by atoms with Crippen molar-refractivity contribution in [2.75, 3.05) is 0 Å². The van der Waals surface area contributed by atoms with Crippen molar-refractivity contribution in [3.05, 3.63) is 35.4 Å². The molecule has 1 saturated carbocycles. The summed E-state index contributed by atoms with van der Waals surface area (Å²) in [6.07, 6.45) is 3.95. The van der Waals surface area contributed by atoms with E-state index in [1.54, 1.807) is 0 Å². The van der Waals surface area contributed by atoms with Crippen molar-refractivity contribution in [3.8, 4) is 0 Å². The molecule has 1 heteroatoms. The number of aryl methyl sites for hydroxylation is 1. The van der Waals surface area contributed by atoms with Crippen LogP contribution in [0.25, 0.3) is 0 Å². The van der Waals surface area contributed by atoms with Gasteiger partial charge in [0.1, 0.15) is 0 Å². The van der Waals surface area contributed by atoms with E-state index in [1.807, 2.05) is 0 Å². The number of rotatable bonds is 2.